The van der Waals surface area contributed by atoms with Gasteiger partial charge in [0.1, 0.15) is 6.04 Å². The summed E-state index contributed by atoms with van der Waals surface area (Å²) in [6.45, 7) is 5.05. The third-order valence-corrected chi connectivity index (χ3v) is 7.02. The van der Waals surface area contributed by atoms with Crippen molar-refractivity contribution in [2.24, 2.45) is 0 Å². The normalized spacial score (nSPS) is 15.6. The molecule has 0 bridgehead atoms. The van der Waals surface area contributed by atoms with E-state index in [-0.39, 0.29) is 17.9 Å². The lowest BCUT2D eigenvalue weighted by Crippen LogP contribution is -2.55. The Morgan fingerprint density at radius 3 is 2.39 bits per heavy atom. The minimum absolute atomic E-state index is 0.0174. The molecule has 1 atom stereocenters. The number of piperazine rings is 1. The number of rotatable bonds is 6. The van der Waals surface area contributed by atoms with Gasteiger partial charge in [-0.1, -0.05) is 12.1 Å². The molecule has 5 rings (SSSR count). The van der Waals surface area contributed by atoms with Crippen molar-refractivity contribution in [1.29, 1.82) is 0 Å². The van der Waals surface area contributed by atoms with E-state index in [1.807, 2.05) is 11.8 Å². The van der Waals surface area contributed by atoms with Crippen LogP contribution in [0.3, 0.4) is 0 Å². The average molecular weight is 565 g/mol. The maximum atomic E-state index is 13.0. The smallest absolute Gasteiger partial charge is 0.348 e. The summed E-state index contributed by atoms with van der Waals surface area (Å²) >= 11 is 0. The van der Waals surface area contributed by atoms with Gasteiger partial charge in [0, 0.05) is 43.2 Å². The van der Waals surface area contributed by atoms with Gasteiger partial charge in [0.2, 0.25) is 5.95 Å². The molecule has 0 spiro atoms. The Kier molecular flexibility index (Phi) is 7.59. The van der Waals surface area contributed by atoms with Crippen molar-refractivity contribution >= 4 is 28.7 Å². The van der Waals surface area contributed by atoms with Crippen LogP contribution in [-0.4, -0.2) is 51.9 Å². The van der Waals surface area contributed by atoms with E-state index in [9.17, 15) is 27.6 Å². The number of anilines is 1. The largest absolute Gasteiger partial charge is 0.416 e. The lowest BCUT2D eigenvalue weighted by Gasteiger charge is -2.34. The fourth-order valence-corrected chi connectivity index (χ4v) is 4.79. The van der Waals surface area contributed by atoms with Gasteiger partial charge in [0.05, 0.1) is 16.9 Å². The monoisotopic (exact) mass is 564 g/mol. The second-order valence-electron chi connectivity index (χ2n) is 9.80. The summed E-state index contributed by atoms with van der Waals surface area (Å²) in [7, 11) is 0. The number of aryl methyl sites for hydroxylation is 1. The first-order chi connectivity index (χ1) is 19.5. The van der Waals surface area contributed by atoms with E-state index in [1.54, 1.807) is 30.3 Å². The molecule has 2 N–H and O–H groups in total. The number of carbonyl (C=O) groups is 2. The lowest BCUT2D eigenvalue weighted by molar-refractivity contribution is -0.137. The second-order valence-corrected chi connectivity index (χ2v) is 9.80. The maximum absolute atomic E-state index is 13.0. The van der Waals surface area contributed by atoms with Crippen molar-refractivity contribution in [2.45, 2.75) is 32.6 Å². The summed E-state index contributed by atoms with van der Waals surface area (Å²) in [6.07, 6.45) is -4.43. The van der Waals surface area contributed by atoms with Gasteiger partial charge in [-0.05, 0) is 61.9 Å². The number of Topliss-reactive ketones (excluding diaryl/α,β-unsaturated/α-hetero) is 1. The van der Waals surface area contributed by atoms with E-state index in [0.29, 0.717) is 59.1 Å². The van der Waals surface area contributed by atoms with Crippen LogP contribution in [0.15, 0.2) is 65.5 Å². The van der Waals surface area contributed by atoms with Crippen LogP contribution in [-0.2, 0) is 17.5 Å². The number of ketones is 1. The summed E-state index contributed by atoms with van der Waals surface area (Å²) in [6, 6.07) is 13.6. The average Bonchev–Trinajstić information content (AvgIpc) is 2.95. The van der Waals surface area contributed by atoms with Crippen LogP contribution < -0.4 is 21.1 Å². The highest BCUT2D eigenvalue weighted by atomic mass is 19.4. The number of benzene rings is 2. The van der Waals surface area contributed by atoms with E-state index >= 15 is 0 Å². The third kappa shape index (κ3) is 5.82. The number of halogens is 3. The van der Waals surface area contributed by atoms with Crippen molar-refractivity contribution in [3.8, 4) is 5.69 Å². The van der Waals surface area contributed by atoms with Gasteiger partial charge < -0.3 is 15.5 Å². The highest BCUT2D eigenvalue weighted by Gasteiger charge is 2.30. The molecular weight excluding hydrogens is 537 g/mol. The molecule has 1 aliphatic heterocycles. The fourth-order valence-electron chi connectivity index (χ4n) is 4.79. The molecule has 2 aromatic heterocycles. The molecule has 0 aliphatic carbocycles. The number of aromatic nitrogens is 3. The first-order valence-electron chi connectivity index (χ1n) is 13.0. The topological polar surface area (TPSA) is 109 Å². The number of fused-ring (bicyclic) bond motifs is 1. The molecule has 41 heavy (non-hydrogen) atoms. The molecule has 12 heteroatoms. The van der Waals surface area contributed by atoms with Crippen molar-refractivity contribution in [3.05, 3.63) is 93.4 Å². The van der Waals surface area contributed by atoms with Crippen molar-refractivity contribution in [2.75, 3.05) is 24.5 Å². The Labute approximate surface area is 233 Å². The van der Waals surface area contributed by atoms with Gasteiger partial charge in [0.15, 0.2) is 11.4 Å². The molecule has 0 radical (unpaired) electrons. The Hall–Kier alpha value is -4.58. The molecule has 212 valence electrons. The molecule has 1 aliphatic rings. The number of alkyl halides is 3. The maximum Gasteiger partial charge on any atom is 0.416 e. The van der Waals surface area contributed by atoms with E-state index in [1.165, 1.54) is 29.7 Å². The van der Waals surface area contributed by atoms with Crippen LogP contribution in [0.2, 0.25) is 0 Å². The molecule has 0 saturated carbocycles. The summed E-state index contributed by atoms with van der Waals surface area (Å²) in [5.41, 5.74) is 1.25. The zero-order chi connectivity index (χ0) is 29.3. The van der Waals surface area contributed by atoms with Crippen LogP contribution in [0.5, 0.6) is 0 Å². The summed E-state index contributed by atoms with van der Waals surface area (Å²) in [4.78, 5) is 49.2. The SMILES string of the molecule is CC(=O)C1CNCCN1c1nc(C)c2ccc(=O)n(-c3ccc(C(=O)NCc4ccc(C(F)(F)F)cc4)cc3)c2n1. The number of nitrogens with zero attached hydrogens (tertiary/aromatic N) is 4. The minimum atomic E-state index is -4.43. The van der Waals surface area contributed by atoms with Crippen LogP contribution in [0.1, 0.15) is 34.1 Å². The predicted octanol–water partition coefficient (Wildman–Crippen LogP) is 3.41. The van der Waals surface area contributed by atoms with Gasteiger partial charge in [-0.2, -0.15) is 18.2 Å². The highest BCUT2D eigenvalue weighted by Crippen LogP contribution is 2.29. The van der Waals surface area contributed by atoms with E-state index < -0.39 is 23.7 Å². The fraction of sp³-hybridized carbons (Fsp3) is 0.276. The van der Waals surface area contributed by atoms with Crippen molar-refractivity contribution in [1.82, 2.24) is 25.2 Å². The van der Waals surface area contributed by atoms with Gasteiger partial charge in [0.25, 0.3) is 11.5 Å². The van der Waals surface area contributed by atoms with Crippen LogP contribution in [0.25, 0.3) is 16.7 Å². The number of amides is 1. The Morgan fingerprint density at radius 1 is 1.02 bits per heavy atom. The number of nitrogens with one attached hydrogen (secondary N) is 2. The highest BCUT2D eigenvalue weighted by molar-refractivity contribution is 5.94. The molecule has 3 heterocycles. The predicted molar refractivity (Wildman–Crippen MR) is 147 cm³/mol. The molecule has 4 aromatic rings. The molecule has 2 aromatic carbocycles. The van der Waals surface area contributed by atoms with Crippen molar-refractivity contribution < 1.29 is 22.8 Å². The third-order valence-electron chi connectivity index (χ3n) is 7.02. The number of hydrogen-bond donors (Lipinski definition) is 2. The summed E-state index contributed by atoms with van der Waals surface area (Å²) < 4.78 is 39.8. The zero-order valence-electron chi connectivity index (χ0n) is 22.3. The molecule has 1 amide bonds. The van der Waals surface area contributed by atoms with Crippen LogP contribution >= 0.6 is 0 Å². The number of pyridine rings is 1. The number of hydrogen-bond acceptors (Lipinski definition) is 7. The van der Waals surface area contributed by atoms with Crippen LogP contribution in [0, 0.1) is 6.92 Å². The summed E-state index contributed by atoms with van der Waals surface area (Å²) in [5.74, 6) is -0.0809. The van der Waals surface area contributed by atoms with Gasteiger partial charge in [-0.3, -0.25) is 19.0 Å². The lowest BCUT2D eigenvalue weighted by atomic mass is 10.1. The Morgan fingerprint density at radius 2 is 1.73 bits per heavy atom. The Bertz CT molecular complexity index is 1670. The van der Waals surface area contributed by atoms with Crippen molar-refractivity contribution in [3.63, 3.8) is 0 Å². The van der Waals surface area contributed by atoms with Gasteiger partial charge >= 0.3 is 6.18 Å². The summed E-state index contributed by atoms with van der Waals surface area (Å²) in [5, 5.41) is 6.57. The number of carbonyl (C=O) groups excluding carboxylic acids is 2. The zero-order valence-corrected chi connectivity index (χ0v) is 22.3. The van der Waals surface area contributed by atoms with Crippen LogP contribution in [0.4, 0.5) is 19.1 Å². The van der Waals surface area contributed by atoms with Gasteiger partial charge in [-0.15, -0.1) is 0 Å². The molecule has 9 nitrogen and oxygen atoms in total. The van der Waals surface area contributed by atoms with E-state index in [2.05, 4.69) is 15.6 Å². The first kappa shape index (κ1) is 28.0. The molecule has 1 unspecified atom stereocenters. The van der Waals surface area contributed by atoms with E-state index in [0.717, 1.165) is 12.1 Å². The van der Waals surface area contributed by atoms with E-state index in [4.69, 9.17) is 4.98 Å². The minimum Gasteiger partial charge on any atom is -0.348 e. The molecule has 1 fully saturated rings. The van der Waals surface area contributed by atoms with Gasteiger partial charge in [-0.25, -0.2) is 4.98 Å². The molecular formula is C29H27F3N6O3. The quantitative estimate of drug-likeness (QED) is 0.370. The Balaban J connectivity index is 1.41. The molecule has 1 saturated heterocycles. The second kappa shape index (κ2) is 11.1. The first-order valence-corrected chi connectivity index (χ1v) is 13.0. The standard InChI is InChI=1S/C29H27F3N6O3/c1-17-23-11-12-25(40)38(26(23)36-28(35-17)37-14-13-33-16-24(37)18(2)39)22-9-5-20(6-10-22)27(41)34-15-19-3-7-21(8-4-19)29(30,31)32/h3-12,24,33H,13-16H2,1-2H3,(H,34,41).